The summed E-state index contributed by atoms with van der Waals surface area (Å²) < 4.78 is 25.3. The van der Waals surface area contributed by atoms with E-state index in [0.717, 1.165) is 10.4 Å². The van der Waals surface area contributed by atoms with Gasteiger partial charge in [0.05, 0.1) is 12.3 Å². The lowest BCUT2D eigenvalue weighted by Gasteiger charge is -2.14. The highest BCUT2D eigenvalue weighted by molar-refractivity contribution is 7.88. The van der Waals surface area contributed by atoms with Crippen molar-refractivity contribution in [2.24, 2.45) is 0 Å². The molecule has 0 aliphatic heterocycles. The maximum atomic E-state index is 11.3. The van der Waals surface area contributed by atoms with Crippen molar-refractivity contribution in [2.75, 3.05) is 6.26 Å². The molecule has 0 aromatic carbocycles. The number of sulfonamides is 1. The van der Waals surface area contributed by atoms with E-state index in [4.69, 9.17) is 0 Å². The van der Waals surface area contributed by atoms with Crippen LogP contribution in [0.1, 0.15) is 16.5 Å². The molecule has 2 aromatic heterocycles. The molecule has 0 bridgehead atoms. The molecule has 2 aromatic rings. The van der Waals surface area contributed by atoms with Crippen LogP contribution in [0, 0.1) is 0 Å². The maximum absolute atomic E-state index is 11.3. The van der Waals surface area contributed by atoms with E-state index in [0.29, 0.717) is 0 Å². The molecule has 86 valence electrons. The minimum absolute atomic E-state index is 0.263. The van der Waals surface area contributed by atoms with Crippen LogP contribution in [0.3, 0.4) is 0 Å². The molecular formula is C10H11NO2S3. The van der Waals surface area contributed by atoms with Gasteiger partial charge in [0, 0.05) is 4.88 Å². The van der Waals surface area contributed by atoms with Gasteiger partial charge in [-0.05, 0) is 33.8 Å². The molecule has 1 atom stereocenters. The fraction of sp³-hybridized carbons (Fsp3) is 0.200. The van der Waals surface area contributed by atoms with Crippen LogP contribution in [0.25, 0.3) is 0 Å². The molecule has 2 rings (SSSR count). The van der Waals surface area contributed by atoms with Crippen LogP contribution in [0.4, 0.5) is 0 Å². The lowest BCUT2D eigenvalue weighted by atomic mass is 10.1. The second-order valence-corrected chi connectivity index (χ2v) is 6.93. The third-order valence-corrected chi connectivity index (χ3v) is 4.34. The van der Waals surface area contributed by atoms with Crippen molar-refractivity contribution in [1.82, 2.24) is 4.72 Å². The van der Waals surface area contributed by atoms with Gasteiger partial charge >= 0.3 is 0 Å². The first-order valence-corrected chi connectivity index (χ1v) is 8.30. The van der Waals surface area contributed by atoms with Crippen molar-refractivity contribution < 1.29 is 8.42 Å². The minimum Gasteiger partial charge on any atom is -0.213 e. The van der Waals surface area contributed by atoms with Gasteiger partial charge in [-0.25, -0.2) is 13.1 Å². The van der Waals surface area contributed by atoms with Crippen molar-refractivity contribution in [3.05, 3.63) is 44.8 Å². The summed E-state index contributed by atoms with van der Waals surface area (Å²) in [5.41, 5.74) is 0.984. The van der Waals surface area contributed by atoms with Gasteiger partial charge in [-0.3, -0.25) is 0 Å². The van der Waals surface area contributed by atoms with Crippen molar-refractivity contribution >= 4 is 32.7 Å². The molecule has 0 amide bonds. The van der Waals surface area contributed by atoms with Gasteiger partial charge in [0.25, 0.3) is 0 Å². The zero-order valence-electron chi connectivity index (χ0n) is 8.58. The third kappa shape index (κ3) is 2.91. The minimum atomic E-state index is -3.21. The zero-order valence-corrected chi connectivity index (χ0v) is 11.0. The number of hydrogen-bond donors (Lipinski definition) is 1. The maximum Gasteiger partial charge on any atom is 0.209 e. The molecule has 0 saturated carbocycles. The lowest BCUT2D eigenvalue weighted by molar-refractivity contribution is 0.580. The number of thiophene rings is 2. The normalized spacial score (nSPS) is 13.8. The Labute approximate surface area is 103 Å². The van der Waals surface area contributed by atoms with Gasteiger partial charge in [0.1, 0.15) is 0 Å². The van der Waals surface area contributed by atoms with Gasteiger partial charge in [-0.15, -0.1) is 11.3 Å². The van der Waals surface area contributed by atoms with E-state index in [9.17, 15) is 8.42 Å². The second kappa shape index (κ2) is 4.67. The van der Waals surface area contributed by atoms with E-state index in [1.807, 2.05) is 34.3 Å². The predicted octanol–water partition coefficient (Wildman–Crippen LogP) is 2.45. The highest BCUT2D eigenvalue weighted by Gasteiger charge is 2.19. The quantitative estimate of drug-likeness (QED) is 0.930. The van der Waals surface area contributed by atoms with E-state index in [1.165, 1.54) is 6.26 Å². The Hall–Kier alpha value is -0.690. The third-order valence-electron chi connectivity index (χ3n) is 2.04. The fourth-order valence-electron chi connectivity index (χ4n) is 1.40. The Balaban J connectivity index is 2.35. The van der Waals surface area contributed by atoms with Gasteiger partial charge in [-0.2, -0.15) is 11.3 Å². The summed E-state index contributed by atoms with van der Waals surface area (Å²) in [4.78, 5) is 1.00. The molecule has 0 aliphatic rings. The number of hydrogen-bond acceptors (Lipinski definition) is 4. The zero-order chi connectivity index (χ0) is 11.6. The summed E-state index contributed by atoms with van der Waals surface area (Å²) in [5, 5.41) is 5.85. The predicted molar refractivity (Wildman–Crippen MR) is 68.5 cm³/mol. The van der Waals surface area contributed by atoms with E-state index >= 15 is 0 Å². The SMILES string of the molecule is CS(=O)(=O)N[C@H](c1ccsc1)c1cccs1. The first-order chi connectivity index (χ1) is 7.56. The molecule has 0 saturated heterocycles. The summed E-state index contributed by atoms with van der Waals surface area (Å²) >= 11 is 3.11. The van der Waals surface area contributed by atoms with Crippen molar-refractivity contribution in [1.29, 1.82) is 0 Å². The van der Waals surface area contributed by atoms with Gasteiger partial charge in [0.15, 0.2) is 0 Å². The first kappa shape index (κ1) is 11.8. The molecule has 16 heavy (non-hydrogen) atoms. The van der Waals surface area contributed by atoms with Gasteiger partial charge in [-0.1, -0.05) is 6.07 Å². The van der Waals surface area contributed by atoms with Crippen molar-refractivity contribution in [3.8, 4) is 0 Å². The topological polar surface area (TPSA) is 46.2 Å². The molecular weight excluding hydrogens is 262 g/mol. The van der Waals surface area contributed by atoms with E-state index in [1.54, 1.807) is 22.7 Å². The van der Waals surface area contributed by atoms with Gasteiger partial charge in [0.2, 0.25) is 10.0 Å². The summed E-state index contributed by atoms with van der Waals surface area (Å²) in [7, 11) is -3.21. The smallest absolute Gasteiger partial charge is 0.209 e. The van der Waals surface area contributed by atoms with Crippen LogP contribution in [-0.4, -0.2) is 14.7 Å². The standard InChI is InChI=1S/C10H11NO2S3/c1-16(12,13)11-10(8-4-6-14-7-8)9-3-2-5-15-9/h2-7,10-11H,1H3/t10-/m1/s1. The Morgan fingerprint density at radius 2 is 2.12 bits per heavy atom. The van der Waals surface area contributed by atoms with Crippen LogP contribution in [0.5, 0.6) is 0 Å². The van der Waals surface area contributed by atoms with Crippen LogP contribution in [0.15, 0.2) is 34.3 Å². The van der Waals surface area contributed by atoms with Crippen LogP contribution in [0.2, 0.25) is 0 Å². The summed E-state index contributed by atoms with van der Waals surface area (Å²) in [6.45, 7) is 0. The lowest BCUT2D eigenvalue weighted by Crippen LogP contribution is -2.27. The fourth-order valence-corrected chi connectivity index (χ4v) is 3.65. The molecule has 0 radical (unpaired) electrons. The molecule has 0 fully saturated rings. The highest BCUT2D eigenvalue weighted by atomic mass is 32.2. The van der Waals surface area contributed by atoms with E-state index < -0.39 is 10.0 Å². The van der Waals surface area contributed by atoms with Crippen LogP contribution >= 0.6 is 22.7 Å². The summed E-state index contributed by atoms with van der Waals surface area (Å²) in [5.74, 6) is 0. The second-order valence-electron chi connectivity index (χ2n) is 3.40. The summed E-state index contributed by atoms with van der Waals surface area (Å²) in [6, 6.07) is 5.53. The molecule has 3 nitrogen and oxygen atoms in total. The Kier molecular flexibility index (Phi) is 3.44. The van der Waals surface area contributed by atoms with Crippen LogP contribution in [-0.2, 0) is 10.0 Å². The van der Waals surface area contributed by atoms with Gasteiger partial charge < -0.3 is 0 Å². The highest BCUT2D eigenvalue weighted by Crippen LogP contribution is 2.27. The summed E-state index contributed by atoms with van der Waals surface area (Å²) in [6.07, 6.45) is 1.18. The number of rotatable bonds is 4. The first-order valence-electron chi connectivity index (χ1n) is 4.59. The average molecular weight is 273 g/mol. The molecule has 2 heterocycles. The Morgan fingerprint density at radius 3 is 2.62 bits per heavy atom. The Bertz CT molecular complexity index is 494. The molecule has 0 unspecified atom stereocenters. The number of nitrogens with one attached hydrogen (secondary N) is 1. The molecule has 1 N–H and O–H groups in total. The average Bonchev–Trinajstić information content (AvgIpc) is 2.86. The van der Waals surface area contributed by atoms with Crippen LogP contribution < -0.4 is 4.72 Å². The molecule has 6 heteroatoms. The molecule has 0 aliphatic carbocycles. The molecule has 0 spiro atoms. The van der Waals surface area contributed by atoms with E-state index in [2.05, 4.69) is 4.72 Å². The van der Waals surface area contributed by atoms with Crippen molar-refractivity contribution in [2.45, 2.75) is 6.04 Å². The monoisotopic (exact) mass is 273 g/mol. The largest absolute Gasteiger partial charge is 0.213 e. The van der Waals surface area contributed by atoms with Crippen molar-refractivity contribution in [3.63, 3.8) is 0 Å². The Morgan fingerprint density at radius 1 is 1.31 bits per heavy atom. The van der Waals surface area contributed by atoms with E-state index in [-0.39, 0.29) is 6.04 Å².